The third-order valence-corrected chi connectivity index (χ3v) is 7.81. The Labute approximate surface area is 226 Å². The number of aromatic nitrogens is 4. The van der Waals surface area contributed by atoms with Crippen molar-refractivity contribution in [3.63, 3.8) is 0 Å². The van der Waals surface area contributed by atoms with Gasteiger partial charge in [-0.25, -0.2) is 19.5 Å². The van der Waals surface area contributed by atoms with Gasteiger partial charge in [-0.05, 0) is 44.3 Å². The van der Waals surface area contributed by atoms with E-state index in [9.17, 15) is 19.5 Å². The van der Waals surface area contributed by atoms with Gasteiger partial charge in [-0.15, -0.1) is 0 Å². The molecule has 1 saturated heterocycles. The van der Waals surface area contributed by atoms with E-state index in [2.05, 4.69) is 63.2 Å². The van der Waals surface area contributed by atoms with Crippen molar-refractivity contribution in [1.29, 1.82) is 0 Å². The quantitative estimate of drug-likeness (QED) is 0.144. The van der Waals surface area contributed by atoms with Crippen molar-refractivity contribution in [1.82, 2.24) is 19.5 Å². The molecule has 0 aliphatic carbocycles. The Hall–Kier alpha value is -4.14. The average Bonchev–Trinajstić information content (AvgIpc) is 3.51. The van der Waals surface area contributed by atoms with Crippen LogP contribution in [0.1, 0.15) is 24.0 Å². The Balaban J connectivity index is 1.37. The molecule has 0 radical (unpaired) electrons. The lowest BCUT2D eigenvalue weighted by Gasteiger charge is -2.16. The largest absolute Gasteiger partial charge is 0.469 e. The van der Waals surface area contributed by atoms with E-state index in [1.165, 1.54) is 11.7 Å². The number of hydrogen-bond acceptors (Lipinski definition) is 8. The van der Waals surface area contributed by atoms with Crippen LogP contribution >= 0.6 is 7.82 Å². The lowest BCUT2D eigenvalue weighted by molar-refractivity contribution is -0.0428. The summed E-state index contributed by atoms with van der Waals surface area (Å²) >= 11 is 0. The van der Waals surface area contributed by atoms with Gasteiger partial charge >= 0.3 is 7.82 Å². The number of aliphatic hydroxyl groups is 1. The van der Waals surface area contributed by atoms with Gasteiger partial charge in [0.15, 0.2) is 22.8 Å². The number of anilines is 1. The number of ether oxygens (including phenoxy) is 1. The van der Waals surface area contributed by atoms with Gasteiger partial charge in [-0.2, -0.15) is 0 Å². The molecule has 11 nitrogen and oxygen atoms in total. The van der Waals surface area contributed by atoms with Crippen molar-refractivity contribution in [3.05, 3.63) is 72.3 Å². The number of nitrogen functional groups attached to an aromatic ring is 1. The Bertz CT molecular complexity index is 2030. The van der Waals surface area contributed by atoms with Crippen LogP contribution in [0, 0.1) is 11.8 Å². The summed E-state index contributed by atoms with van der Waals surface area (Å²) in [4.78, 5) is 31.6. The maximum absolute atomic E-state index is 11.5. The zero-order valence-corrected chi connectivity index (χ0v) is 21.7. The number of phosphoric ester groups is 1. The first kappa shape index (κ1) is 24.9. The van der Waals surface area contributed by atoms with Crippen molar-refractivity contribution in [2.45, 2.75) is 24.9 Å². The molecule has 3 heterocycles. The molecule has 0 unspecified atom stereocenters. The van der Waals surface area contributed by atoms with Crippen LogP contribution in [0.3, 0.4) is 0 Å². The highest BCUT2D eigenvalue weighted by molar-refractivity contribution is 7.46. The molecule has 0 spiro atoms. The molecule has 4 aromatic carbocycles. The van der Waals surface area contributed by atoms with Gasteiger partial charge in [-0.3, -0.25) is 9.09 Å². The normalized spacial score (nSPS) is 19.6. The van der Waals surface area contributed by atoms with Crippen LogP contribution in [-0.2, 0) is 13.8 Å². The maximum Gasteiger partial charge on any atom is 0.469 e. The minimum Gasteiger partial charge on any atom is -0.394 e. The molecule has 5 N–H and O–H groups in total. The van der Waals surface area contributed by atoms with Crippen LogP contribution in [0.25, 0.3) is 43.5 Å². The van der Waals surface area contributed by atoms with E-state index in [1.54, 1.807) is 4.57 Å². The van der Waals surface area contributed by atoms with Crippen LogP contribution < -0.4 is 5.73 Å². The smallest absolute Gasteiger partial charge is 0.394 e. The minimum atomic E-state index is -4.83. The summed E-state index contributed by atoms with van der Waals surface area (Å²) in [6.07, 6.45) is -1.58. The minimum absolute atomic E-state index is 0.0130. The van der Waals surface area contributed by atoms with Gasteiger partial charge in [0.1, 0.15) is 24.8 Å². The van der Waals surface area contributed by atoms with Gasteiger partial charge in [0.2, 0.25) is 0 Å². The molecule has 0 amide bonds. The number of nitrogens with zero attached hydrogens (tertiary/aromatic N) is 4. The summed E-state index contributed by atoms with van der Waals surface area (Å²) in [6.45, 7) is -0.505. The van der Waals surface area contributed by atoms with E-state index in [0.717, 1.165) is 32.5 Å². The topological polar surface area (TPSA) is 166 Å². The van der Waals surface area contributed by atoms with Gasteiger partial charge < -0.3 is 25.4 Å². The average molecular weight is 555 g/mol. The highest BCUT2D eigenvalue weighted by Crippen LogP contribution is 2.44. The highest BCUT2D eigenvalue weighted by Gasteiger charge is 2.41. The Morgan fingerprint density at radius 1 is 1.02 bits per heavy atom. The fraction of sp³-hybridized carbons (Fsp3) is 0.179. The summed E-state index contributed by atoms with van der Waals surface area (Å²) in [5.41, 5.74) is 7.53. The van der Waals surface area contributed by atoms with E-state index >= 15 is 0 Å². The number of nitrogens with two attached hydrogens (primary N) is 1. The van der Waals surface area contributed by atoms with Crippen LogP contribution in [0.2, 0.25) is 0 Å². The molecular weight excluding hydrogens is 533 g/mol. The van der Waals surface area contributed by atoms with Gasteiger partial charge in [0.05, 0.1) is 6.61 Å². The Morgan fingerprint density at radius 3 is 2.50 bits per heavy atom. The second-order valence-corrected chi connectivity index (χ2v) is 10.8. The molecule has 6 aromatic rings. The fourth-order valence-electron chi connectivity index (χ4n) is 5.56. The molecule has 200 valence electrons. The molecule has 3 atom stereocenters. The molecule has 12 heteroatoms. The lowest BCUT2D eigenvalue weighted by atomic mass is 9.92. The molecule has 7 rings (SSSR count). The zero-order valence-electron chi connectivity index (χ0n) is 20.8. The van der Waals surface area contributed by atoms with Crippen molar-refractivity contribution in [2.75, 3.05) is 12.3 Å². The standard InChI is InChI=1S/C28H22N5O6P/c29-27-26-28(31-14-30-27)33(23-12-20(21(13-34)38-23)39-40(35,36)37)22(32-26)11-9-15-4-5-18-7-6-16-2-1-3-17-8-10-19(15)25(18)24(16)17/h1-8,10,14,20-21,23,34H,12-13H2,(H2,29,30,31)(H2,35,36,37)/t20-,21+,23+/m0/s1. The number of fused-ring (bicyclic) bond motifs is 1. The number of hydrogen-bond donors (Lipinski definition) is 4. The summed E-state index contributed by atoms with van der Waals surface area (Å²) in [5.74, 6) is 6.80. The molecule has 1 aliphatic heterocycles. The van der Waals surface area contributed by atoms with E-state index in [4.69, 9.17) is 15.0 Å². The van der Waals surface area contributed by atoms with Crippen molar-refractivity contribution in [3.8, 4) is 11.8 Å². The molecule has 0 saturated carbocycles. The van der Waals surface area contributed by atoms with Crippen LogP contribution in [-0.4, -0.2) is 53.2 Å². The van der Waals surface area contributed by atoms with Crippen LogP contribution in [0.5, 0.6) is 0 Å². The Morgan fingerprint density at radius 2 is 1.75 bits per heavy atom. The molecule has 1 fully saturated rings. The van der Waals surface area contributed by atoms with Gasteiger partial charge in [-0.1, -0.05) is 54.5 Å². The third-order valence-electron chi connectivity index (χ3n) is 7.26. The summed E-state index contributed by atoms with van der Waals surface area (Å²) in [7, 11) is -4.83. The van der Waals surface area contributed by atoms with E-state index in [-0.39, 0.29) is 18.1 Å². The van der Waals surface area contributed by atoms with E-state index < -0.39 is 32.9 Å². The van der Waals surface area contributed by atoms with Crippen molar-refractivity contribution >= 4 is 57.1 Å². The predicted octanol–water partition coefficient (Wildman–Crippen LogP) is 3.46. The first-order valence-corrected chi connectivity index (χ1v) is 14.0. The first-order valence-electron chi connectivity index (χ1n) is 12.5. The number of imidazole rings is 1. The molecule has 0 bridgehead atoms. The zero-order chi connectivity index (χ0) is 27.6. The Kier molecular flexibility index (Phi) is 5.73. The molecule has 1 aliphatic rings. The van der Waals surface area contributed by atoms with E-state index in [1.807, 2.05) is 18.2 Å². The third kappa shape index (κ3) is 4.06. The number of rotatable bonds is 4. The molecule has 2 aromatic heterocycles. The predicted molar refractivity (Wildman–Crippen MR) is 148 cm³/mol. The number of aliphatic hydroxyl groups excluding tert-OH is 1. The molecular formula is C28H22N5O6P. The number of phosphoric acid groups is 1. The van der Waals surface area contributed by atoms with E-state index in [0.29, 0.717) is 11.2 Å². The van der Waals surface area contributed by atoms with Crippen molar-refractivity contribution < 1.29 is 28.7 Å². The number of benzene rings is 4. The van der Waals surface area contributed by atoms with Gasteiger partial charge in [0.25, 0.3) is 0 Å². The second-order valence-electron chi connectivity index (χ2n) is 9.64. The maximum atomic E-state index is 11.5. The van der Waals surface area contributed by atoms with Crippen LogP contribution in [0.4, 0.5) is 5.82 Å². The summed E-state index contributed by atoms with van der Waals surface area (Å²) < 4.78 is 23.9. The summed E-state index contributed by atoms with van der Waals surface area (Å²) in [6, 6.07) is 18.6. The SMILES string of the molecule is Nc1ncnc2c1nc(C#Cc1ccc3ccc4cccc5ccc1c3c45)n2[C@H]1C[C@H](OP(=O)(O)O)[C@@H](CO)O1. The first-order chi connectivity index (χ1) is 19.3. The van der Waals surface area contributed by atoms with Gasteiger partial charge in [0, 0.05) is 12.0 Å². The second kappa shape index (κ2) is 9.21. The lowest BCUT2D eigenvalue weighted by Crippen LogP contribution is -2.26. The van der Waals surface area contributed by atoms with Crippen LogP contribution in [0.15, 0.2) is 60.9 Å². The highest BCUT2D eigenvalue weighted by atomic mass is 31.2. The summed E-state index contributed by atoms with van der Waals surface area (Å²) in [5, 5.41) is 16.5. The van der Waals surface area contributed by atoms with Crippen molar-refractivity contribution in [2.24, 2.45) is 0 Å². The fourth-order valence-corrected chi connectivity index (χ4v) is 6.14. The monoisotopic (exact) mass is 555 g/mol. The molecule has 40 heavy (non-hydrogen) atoms.